The van der Waals surface area contributed by atoms with Crippen molar-refractivity contribution in [1.82, 2.24) is 9.80 Å². The van der Waals surface area contributed by atoms with Crippen LogP contribution in [0.3, 0.4) is 0 Å². The molecule has 1 amide bonds. The number of carbonyl (C=O) groups excluding carboxylic acids is 1. The zero-order chi connectivity index (χ0) is 12.1. The van der Waals surface area contributed by atoms with Gasteiger partial charge in [-0.05, 0) is 20.3 Å². The lowest BCUT2D eigenvalue weighted by atomic mass is 10.4. The summed E-state index contributed by atoms with van der Waals surface area (Å²) in [6.45, 7) is 8.85. The second kappa shape index (κ2) is 5.72. The molecule has 1 fully saturated rings. The molecule has 1 rings (SSSR count). The van der Waals surface area contributed by atoms with Gasteiger partial charge in [0.25, 0.3) is 0 Å². The lowest BCUT2D eigenvalue weighted by Crippen LogP contribution is -2.41. The SMILES string of the molecule is CC(=O)N1CCCN(C(N)=NC(C)C)CC1. The van der Waals surface area contributed by atoms with Crippen molar-refractivity contribution in [2.24, 2.45) is 10.7 Å². The number of nitrogens with two attached hydrogens (primary N) is 1. The Balaban J connectivity index is 2.56. The van der Waals surface area contributed by atoms with Crippen LogP contribution in [0.25, 0.3) is 0 Å². The van der Waals surface area contributed by atoms with E-state index in [4.69, 9.17) is 5.73 Å². The molecule has 1 aliphatic rings. The van der Waals surface area contributed by atoms with Crippen LogP contribution in [-0.2, 0) is 4.79 Å². The molecular weight excluding hydrogens is 204 g/mol. The van der Waals surface area contributed by atoms with Gasteiger partial charge in [0, 0.05) is 39.1 Å². The van der Waals surface area contributed by atoms with Gasteiger partial charge in [-0.2, -0.15) is 0 Å². The maximum absolute atomic E-state index is 11.3. The fraction of sp³-hybridized carbons (Fsp3) is 0.818. The zero-order valence-electron chi connectivity index (χ0n) is 10.4. The molecule has 0 saturated carbocycles. The summed E-state index contributed by atoms with van der Waals surface area (Å²) >= 11 is 0. The molecule has 2 N–H and O–H groups in total. The molecule has 1 aliphatic heterocycles. The van der Waals surface area contributed by atoms with Crippen molar-refractivity contribution in [1.29, 1.82) is 0 Å². The van der Waals surface area contributed by atoms with Crippen LogP contribution in [0.2, 0.25) is 0 Å². The van der Waals surface area contributed by atoms with Crippen molar-refractivity contribution >= 4 is 11.9 Å². The molecule has 0 atom stereocenters. The molecule has 0 unspecified atom stereocenters. The first-order valence-corrected chi connectivity index (χ1v) is 5.84. The first-order chi connectivity index (χ1) is 7.50. The smallest absolute Gasteiger partial charge is 0.219 e. The van der Waals surface area contributed by atoms with E-state index in [9.17, 15) is 4.79 Å². The van der Waals surface area contributed by atoms with Crippen molar-refractivity contribution in [3.63, 3.8) is 0 Å². The molecule has 1 heterocycles. The number of aliphatic imine (C=N–C) groups is 1. The Bertz CT molecular complexity index is 275. The first kappa shape index (κ1) is 12.8. The van der Waals surface area contributed by atoms with Crippen LogP contribution in [0, 0.1) is 0 Å². The summed E-state index contributed by atoms with van der Waals surface area (Å²) < 4.78 is 0. The van der Waals surface area contributed by atoms with Crippen LogP contribution >= 0.6 is 0 Å². The minimum Gasteiger partial charge on any atom is -0.370 e. The fourth-order valence-electron chi connectivity index (χ4n) is 1.81. The van der Waals surface area contributed by atoms with E-state index >= 15 is 0 Å². The van der Waals surface area contributed by atoms with E-state index in [0.29, 0.717) is 5.96 Å². The van der Waals surface area contributed by atoms with E-state index in [1.807, 2.05) is 18.7 Å². The largest absolute Gasteiger partial charge is 0.370 e. The molecule has 0 aromatic heterocycles. The second-order valence-corrected chi connectivity index (χ2v) is 4.43. The Labute approximate surface area is 97.3 Å². The van der Waals surface area contributed by atoms with Crippen molar-refractivity contribution < 1.29 is 4.79 Å². The van der Waals surface area contributed by atoms with Gasteiger partial charge in [-0.1, -0.05) is 0 Å². The number of hydrogen-bond donors (Lipinski definition) is 1. The Morgan fingerprint density at radius 1 is 1.19 bits per heavy atom. The van der Waals surface area contributed by atoms with Crippen LogP contribution in [0.4, 0.5) is 0 Å². The number of carbonyl (C=O) groups is 1. The second-order valence-electron chi connectivity index (χ2n) is 4.43. The Hall–Kier alpha value is -1.26. The normalized spacial score (nSPS) is 18.9. The van der Waals surface area contributed by atoms with Gasteiger partial charge >= 0.3 is 0 Å². The summed E-state index contributed by atoms with van der Waals surface area (Å²) in [7, 11) is 0. The molecule has 0 radical (unpaired) electrons. The number of rotatable bonds is 1. The maximum Gasteiger partial charge on any atom is 0.219 e. The van der Waals surface area contributed by atoms with Crippen LogP contribution in [-0.4, -0.2) is 53.9 Å². The fourth-order valence-corrected chi connectivity index (χ4v) is 1.81. The van der Waals surface area contributed by atoms with Crippen molar-refractivity contribution in [3.8, 4) is 0 Å². The van der Waals surface area contributed by atoms with Gasteiger partial charge in [-0.15, -0.1) is 0 Å². The third-order valence-corrected chi connectivity index (χ3v) is 2.66. The van der Waals surface area contributed by atoms with Crippen LogP contribution < -0.4 is 5.73 Å². The molecule has 16 heavy (non-hydrogen) atoms. The molecule has 0 aliphatic carbocycles. The summed E-state index contributed by atoms with van der Waals surface area (Å²) in [5.41, 5.74) is 5.91. The molecule has 5 heteroatoms. The molecule has 92 valence electrons. The summed E-state index contributed by atoms with van der Waals surface area (Å²) in [6.07, 6.45) is 0.952. The topological polar surface area (TPSA) is 61.9 Å². The average molecular weight is 226 g/mol. The van der Waals surface area contributed by atoms with Gasteiger partial charge < -0.3 is 15.5 Å². The summed E-state index contributed by atoms with van der Waals surface area (Å²) in [5.74, 6) is 0.738. The Kier molecular flexibility index (Phi) is 4.58. The van der Waals surface area contributed by atoms with E-state index in [1.165, 1.54) is 0 Å². The van der Waals surface area contributed by atoms with Crippen molar-refractivity contribution in [2.45, 2.75) is 33.2 Å². The zero-order valence-corrected chi connectivity index (χ0v) is 10.4. The lowest BCUT2D eigenvalue weighted by molar-refractivity contribution is -0.128. The third kappa shape index (κ3) is 3.72. The highest BCUT2D eigenvalue weighted by molar-refractivity contribution is 5.78. The maximum atomic E-state index is 11.3. The van der Waals surface area contributed by atoms with Gasteiger partial charge in [0.15, 0.2) is 5.96 Å². The highest BCUT2D eigenvalue weighted by Crippen LogP contribution is 2.03. The van der Waals surface area contributed by atoms with Gasteiger partial charge in [0.2, 0.25) is 5.91 Å². The monoisotopic (exact) mass is 226 g/mol. The van der Waals surface area contributed by atoms with Crippen molar-refractivity contribution in [3.05, 3.63) is 0 Å². The molecule has 1 saturated heterocycles. The molecule has 0 spiro atoms. The van der Waals surface area contributed by atoms with Gasteiger partial charge in [-0.25, -0.2) is 0 Å². The highest BCUT2D eigenvalue weighted by Gasteiger charge is 2.17. The van der Waals surface area contributed by atoms with Crippen molar-refractivity contribution in [2.75, 3.05) is 26.2 Å². The van der Waals surface area contributed by atoms with E-state index in [2.05, 4.69) is 9.89 Å². The van der Waals surface area contributed by atoms with E-state index < -0.39 is 0 Å². The number of guanidine groups is 1. The Morgan fingerprint density at radius 3 is 2.31 bits per heavy atom. The van der Waals surface area contributed by atoms with E-state index in [1.54, 1.807) is 6.92 Å². The molecule has 5 nitrogen and oxygen atoms in total. The highest BCUT2D eigenvalue weighted by atomic mass is 16.2. The standard InChI is InChI=1S/C11H22N4O/c1-9(2)13-11(12)15-6-4-5-14(7-8-15)10(3)16/h9H,4-8H2,1-3H3,(H2,12,13). The minimum absolute atomic E-state index is 0.140. The van der Waals surface area contributed by atoms with Gasteiger partial charge in [0.1, 0.15) is 0 Å². The Morgan fingerprint density at radius 2 is 1.75 bits per heavy atom. The summed E-state index contributed by atoms with van der Waals surface area (Å²) in [4.78, 5) is 19.5. The lowest BCUT2D eigenvalue weighted by Gasteiger charge is -2.22. The number of nitrogens with zero attached hydrogens (tertiary/aromatic N) is 3. The quantitative estimate of drug-likeness (QED) is 0.515. The van der Waals surface area contributed by atoms with Crippen LogP contribution in [0.1, 0.15) is 27.2 Å². The average Bonchev–Trinajstić information content (AvgIpc) is 2.41. The molecule has 0 aromatic carbocycles. The predicted octanol–water partition coefficient (Wildman–Crippen LogP) is 0.264. The number of amides is 1. The first-order valence-electron chi connectivity index (χ1n) is 5.84. The summed E-state index contributed by atoms with van der Waals surface area (Å²) in [5, 5.41) is 0. The van der Waals surface area contributed by atoms with Gasteiger partial charge in [-0.3, -0.25) is 9.79 Å². The molecular formula is C11H22N4O. The van der Waals surface area contributed by atoms with Gasteiger partial charge in [0.05, 0.1) is 0 Å². The minimum atomic E-state index is 0.140. The van der Waals surface area contributed by atoms with E-state index in [-0.39, 0.29) is 11.9 Å². The molecule has 0 bridgehead atoms. The number of hydrogen-bond acceptors (Lipinski definition) is 2. The predicted molar refractivity (Wildman–Crippen MR) is 65.2 cm³/mol. The third-order valence-electron chi connectivity index (χ3n) is 2.66. The molecule has 0 aromatic rings. The van der Waals surface area contributed by atoms with Crippen LogP contribution in [0.5, 0.6) is 0 Å². The van der Waals surface area contributed by atoms with Crippen LogP contribution in [0.15, 0.2) is 4.99 Å². The van der Waals surface area contributed by atoms with E-state index in [0.717, 1.165) is 32.6 Å². The summed E-state index contributed by atoms with van der Waals surface area (Å²) in [6, 6.07) is 0.215.